The van der Waals surface area contributed by atoms with Gasteiger partial charge in [-0.15, -0.1) is 0 Å². The number of ether oxygens (including phenoxy) is 1. The van der Waals surface area contributed by atoms with Crippen molar-refractivity contribution in [2.24, 2.45) is 0 Å². The molecule has 3 rings (SSSR count). The van der Waals surface area contributed by atoms with Crippen LogP contribution in [0, 0.1) is 0 Å². The van der Waals surface area contributed by atoms with Gasteiger partial charge in [0.25, 0.3) is 0 Å². The number of hydrogen-bond donors (Lipinski definition) is 1. The SMILES string of the molecule is COC(=O)C1=C(C)N(C2CC2)C(=O)N[C@H]1c1c(Cl)cccc1Cl. The van der Waals surface area contributed by atoms with Crippen LogP contribution in [-0.4, -0.2) is 30.1 Å². The summed E-state index contributed by atoms with van der Waals surface area (Å²) >= 11 is 12.5. The van der Waals surface area contributed by atoms with Crippen molar-refractivity contribution < 1.29 is 14.3 Å². The smallest absolute Gasteiger partial charge is 0.337 e. The summed E-state index contributed by atoms with van der Waals surface area (Å²) in [6.45, 7) is 1.75. The van der Waals surface area contributed by atoms with E-state index in [1.807, 2.05) is 0 Å². The van der Waals surface area contributed by atoms with Crippen molar-refractivity contribution in [3.63, 3.8) is 0 Å². The normalized spacial score (nSPS) is 21.3. The highest BCUT2D eigenvalue weighted by atomic mass is 35.5. The molecule has 1 N–H and O–H groups in total. The van der Waals surface area contributed by atoms with Crippen molar-refractivity contribution in [1.29, 1.82) is 0 Å². The fourth-order valence-electron chi connectivity index (χ4n) is 2.91. The molecule has 1 saturated carbocycles. The van der Waals surface area contributed by atoms with E-state index in [4.69, 9.17) is 27.9 Å². The summed E-state index contributed by atoms with van der Waals surface area (Å²) in [6.07, 6.45) is 1.85. The Morgan fingerprint density at radius 1 is 1.30 bits per heavy atom. The second kappa shape index (κ2) is 6.06. The fourth-order valence-corrected chi connectivity index (χ4v) is 3.52. The molecule has 1 aliphatic carbocycles. The highest BCUT2D eigenvalue weighted by molar-refractivity contribution is 6.36. The van der Waals surface area contributed by atoms with E-state index in [0.717, 1.165) is 12.8 Å². The second-order valence-corrected chi connectivity index (χ2v) is 6.42. The molecule has 0 saturated heterocycles. The first kappa shape index (κ1) is 16.1. The van der Waals surface area contributed by atoms with Crippen LogP contribution in [0.2, 0.25) is 10.0 Å². The van der Waals surface area contributed by atoms with E-state index in [2.05, 4.69) is 5.32 Å². The number of carbonyl (C=O) groups is 2. The molecule has 1 atom stereocenters. The van der Waals surface area contributed by atoms with Gasteiger partial charge in [-0.25, -0.2) is 9.59 Å². The first-order valence-electron chi connectivity index (χ1n) is 7.28. The van der Waals surface area contributed by atoms with Gasteiger partial charge >= 0.3 is 12.0 Å². The van der Waals surface area contributed by atoms with E-state index in [1.165, 1.54) is 7.11 Å². The van der Waals surface area contributed by atoms with Crippen molar-refractivity contribution in [2.45, 2.75) is 31.8 Å². The van der Waals surface area contributed by atoms with Crippen LogP contribution in [0.1, 0.15) is 31.4 Å². The molecule has 23 heavy (non-hydrogen) atoms. The average Bonchev–Trinajstić information content (AvgIpc) is 3.31. The Labute approximate surface area is 144 Å². The van der Waals surface area contributed by atoms with Crippen LogP contribution in [0.3, 0.4) is 0 Å². The molecule has 1 heterocycles. The summed E-state index contributed by atoms with van der Waals surface area (Å²) < 4.78 is 4.91. The summed E-state index contributed by atoms with van der Waals surface area (Å²) in [5, 5.41) is 3.61. The van der Waals surface area contributed by atoms with Gasteiger partial charge in [-0.2, -0.15) is 0 Å². The number of urea groups is 1. The predicted molar refractivity (Wildman–Crippen MR) is 87.3 cm³/mol. The first-order chi connectivity index (χ1) is 11.0. The number of nitrogens with zero attached hydrogens (tertiary/aromatic N) is 1. The Morgan fingerprint density at radius 2 is 1.91 bits per heavy atom. The Hall–Kier alpha value is -1.72. The number of nitrogens with one attached hydrogen (secondary N) is 1. The van der Waals surface area contributed by atoms with Gasteiger partial charge < -0.3 is 10.1 Å². The van der Waals surface area contributed by atoms with Crippen molar-refractivity contribution in [2.75, 3.05) is 7.11 Å². The molecular formula is C16H16Cl2N2O3. The minimum Gasteiger partial charge on any atom is -0.466 e. The Kier molecular flexibility index (Phi) is 4.25. The molecule has 122 valence electrons. The van der Waals surface area contributed by atoms with Crippen molar-refractivity contribution in [1.82, 2.24) is 10.2 Å². The fraction of sp³-hybridized carbons (Fsp3) is 0.375. The minimum absolute atomic E-state index is 0.136. The van der Waals surface area contributed by atoms with Gasteiger partial charge in [-0.3, -0.25) is 4.90 Å². The van der Waals surface area contributed by atoms with Crippen LogP contribution in [0.5, 0.6) is 0 Å². The third-order valence-electron chi connectivity index (χ3n) is 4.13. The molecule has 2 aliphatic rings. The summed E-state index contributed by atoms with van der Waals surface area (Å²) in [7, 11) is 1.31. The summed E-state index contributed by atoms with van der Waals surface area (Å²) in [6, 6.07) is 4.21. The van der Waals surface area contributed by atoms with Crippen LogP contribution in [0.4, 0.5) is 4.79 Å². The number of halogens is 2. The molecule has 0 radical (unpaired) electrons. The molecule has 1 aliphatic heterocycles. The van der Waals surface area contributed by atoms with Gasteiger partial charge in [-0.05, 0) is 31.9 Å². The Balaban J connectivity index is 2.15. The molecule has 2 amide bonds. The van der Waals surface area contributed by atoms with Gasteiger partial charge in [0.1, 0.15) is 0 Å². The van der Waals surface area contributed by atoms with Crippen molar-refractivity contribution >= 4 is 35.2 Å². The number of benzene rings is 1. The highest BCUT2D eigenvalue weighted by Crippen LogP contribution is 2.41. The third kappa shape index (κ3) is 2.79. The topological polar surface area (TPSA) is 58.6 Å². The van der Waals surface area contributed by atoms with Gasteiger partial charge in [0.2, 0.25) is 0 Å². The minimum atomic E-state index is -0.730. The molecule has 5 nitrogen and oxygen atoms in total. The summed E-state index contributed by atoms with van der Waals surface area (Å²) in [5.41, 5.74) is 1.44. The van der Waals surface area contributed by atoms with Crippen molar-refractivity contribution in [3.8, 4) is 0 Å². The maximum atomic E-state index is 12.5. The average molecular weight is 355 g/mol. The number of carbonyl (C=O) groups excluding carboxylic acids is 2. The van der Waals surface area contributed by atoms with Crippen LogP contribution in [0.15, 0.2) is 29.5 Å². The van der Waals surface area contributed by atoms with Crippen LogP contribution in [-0.2, 0) is 9.53 Å². The molecule has 0 spiro atoms. The zero-order valence-corrected chi connectivity index (χ0v) is 14.2. The lowest BCUT2D eigenvalue weighted by Gasteiger charge is -2.35. The van der Waals surface area contributed by atoms with Crippen molar-refractivity contribution in [3.05, 3.63) is 45.1 Å². The number of rotatable bonds is 3. The maximum Gasteiger partial charge on any atom is 0.337 e. The van der Waals surface area contributed by atoms with Crippen LogP contribution >= 0.6 is 23.2 Å². The van der Waals surface area contributed by atoms with Gasteiger partial charge in [0.15, 0.2) is 0 Å². The van der Waals surface area contributed by atoms with Crippen LogP contribution < -0.4 is 5.32 Å². The summed E-state index contributed by atoms with van der Waals surface area (Å²) in [4.78, 5) is 26.4. The number of amides is 2. The van der Waals surface area contributed by atoms with Gasteiger partial charge in [-0.1, -0.05) is 29.3 Å². The monoisotopic (exact) mass is 354 g/mol. The lowest BCUT2D eigenvalue weighted by Crippen LogP contribution is -2.49. The Bertz CT molecular complexity index is 693. The molecule has 0 aromatic heterocycles. The highest BCUT2D eigenvalue weighted by Gasteiger charge is 2.43. The van der Waals surface area contributed by atoms with E-state index in [9.17, 15) is 9.59 Å². The third-order valence-corrected chi connectivity index (χ3v) is 4.79. The number of esters is 1. The standard InChI is InChI=1S/C16H16Cl2N2O3/c1-8-12(15(21)23-2)14(13-10(17)4-3-5-11(13)18)19-16(22)20(8)9-6-7-9/h3-5,9,14H,6-7H2,1-2H3,(H,19,22)/t14-/m1/s1. The zero-order valence-electron chi connectivity index (χ0n) is 12.7. The molecule has 1 aromatic carbocycles. The number of allylic oxidation sites excluding steroid dienone is 1. The molecule has 7 heteroatoms. The molecule has 1 fully saturated rings. The largest absolute Gasteiger partial charge is 0.466 e. The van der Waals surface area contributed by atoms with Gasteiger partial charge in [0.05, 0.1) is 18.7 Å². The lowest BCUT2D eigenvalue weighted by molar-refractivity contribution is -0.136. The zero-order chi connectivity index (χ0) is 16.7. The van der Waals surface area contributed by atoms with Gasteiger partial charge in [0, 0.05) is 27.3 Å². The van der Waals surface area contributed by atoms with E-state index >= 15 is 0 Å². The summed E-state index contributed by atoms with van der Waals surface area (Å²) in [5.74, 6) is -0.505. The number of hydrogen-bond acceptors (Lipinski definition) is 3. The quantitative estimate of drug-likeness (QED) is 0.842. The first-order valence-corrected chi connectivity index (χ1v) is 8.04. The number of methoxy groups -OCH3 is 1. The molecule has 0 bridgehead atoms. The van der Waals surface area contributed by atoms with E-state index in [0.29, 0.717) is 26.9 Å². The van der Waals surface area contributed by atoms with Crippen LogP contribution in [0.25, 0.3) is 0 Å². The van der Waals surface area contributed by atoms with E-state index in [-0.39, 0.29) is 12.1 Å². The molecular weight excluding hydrogens is 339 g/mol. The second-order valence-electron chi connectivity index (χ2n) is 5.61. The maximum absolute atomic E-state index is 12.5. The van der Waals surface area contributed by atoms with E-state index < -0.39 is 12.0 Å². The predicted octanol–water partition coefficient (Wildman–Crippen LogP) is 3.67. The molecule has 0 unspecified atom stereocenters. The molecule has 1 aromatic rings. The lowest BCUT2D eigenvalue weighted by atomic mass is 9.94. The Morgan fingerprint density at radius 3 is 2.43 bits per heavy atom. The van der Waals surface area contributed by atoms with E-state index in [1.54, 1.807) is 30.0 Å².